The number of aryl methyl sites for hydroxylation is 1. The average Bonchev–Trinajstić information content (AvgIpc) is 2.91. The molecule has 0 saturated heterocycles. The second-order valence-electron chi connectivity index (χ2n) is 6.01. The maximum absolute atomic E-state index is 4.58. The molecule has 1 saturated carbocycles. The van der Waals surface area contributed by atoms with Crippen LogP contribution in [0, 0.1) is 6.92 Å². The molecular formula is C17H23N3. The highest BCUT2D eigenvalue weighted by Gasteiger charge is 2.17. The topological polar surface area (TPSA) is 28.2 Å². The fourth-order valence-electron chi connectivity index (χ4n) is 3.22. The standard InChI is InChI=1S/C17H23N3/c1-12-11-18-17(20(2)3)14-9-6-10-15(16(12)14)19-13-7-4-5-8-13/h6,9-11,13,19H,4-5,7-8H2,1-3H3. The Morgan fingerprint density at radius 2 is 1.95 bits per heavy atom. The highest BCUT2D eigenvalue weighted by atomic mass is 15.1. The Morgan fingerprint density at radius 1 is 1.20 bits per heavy atom. The molecule has 0 spiro atoms. The lowest BCUT2D eigenvalue weighted by molar-refractivity contribution is 0.756. The Balaban J connectivity index is 2.10. The molecule has 106 valence electrons. The molecule has 3 rings (SSSR count). The number of fused-ring (bicyclic) bond motifs is 1. The van der Waals surface area contributed by atoms with E-state index in [9.17, 15) is 0 Å². The molecule has 0 aliphatic heterocycles. The van der Waals surface area contributed by atoms with Crippen molar-refractivity contribution < 1.29 is 0 Å². The molecule has 1 aromatic heterocycles. The second-order valence-corrected chi connectivity index (χ2v) is 6.01. The first kappa shape index (κ1) is 13.2. The van der Waals surface area contributed by atoms with Crippen LogP contribution in [-0.2, 0) is 0 Å². The van der Waals surface area contributed by atoms with E-state index in [1.54, 1.807) is 0 Å². The van der Waals surface area contributed by atoms with Crippen LogP contribution in [0.3, 0.4) is 0 Å². The maximum Gasteiger partial charge on any atom is 0.135 e. The number of pyridine rings is 1. The lowest BCUT2D eigenvalue weighted by atomic mass is 10.0. The minimum absolute atomic E-state index is 0.635. The van der Waals surface area contributed by atoms with Crippen LogP contribution in [0.5, 0.6) is 0 Å². The summed E-state index contributed by atoms with van der Waals surface area (Å²) in [4.78, 5) is 6.66. The third-order valence-electron chi connectivity index (χ3n) is 4.22. The highest BCUT2D eigenvalue weighted by Crippen LogP contribution is 2.33. The van der Waals surface area contributed by atoms with Crippen molar-refractivity contribution in [1.29, 1.82) is 0 Å². The zero-order valence-corrected chi connectivity index (χ0v) is 12.6. The number of aromatic nitrogens is 1. The van der Waals surface area contributed by atoms with Gasteiger partial charge in [-0.2, -0.15) is 0 Å². The number of rotatable bonds is 3. The van der Waals surface area contributed by atoms with Crippen molar-refractivity contribution in [2.75, 3.05) is 24.3 Å². The minimum atomic E-state index is 0.635. The van der Waals surface area contributed by atoms with Crippen LogP contribution in [0.1, 0.15) is 31.2 Å². The zero-order chi connectivity index (χ0) is 14.1. The third-order valence-corrected chi connectivity index (χ3v) is 4.22. The van der Waals surface area contributed by atoms with Gasteiger partial charge in [-0.05, 0) is 31.4 Å². The van der Waals surface area contributed by atoms with Crippen LogP contribution < -0.4 is 10.2 Å². The summed E-state index contributed by atoms with van der Waals surface area (Å²) in [6.45, 7) is 2.15. The van der Waals surface area contributed by atoms with Crippen LogP contribution >= 0.6 is 0 Å². The first-order valence-corrected chi connectivity index (χ1v) is 7.49. The van der Waals surface area contributed by atoms with E-state index >= 15 is 0 Å². The summed E-state index contributed by atoms with van der Waals surface area (Å²) < 4.78 is 0. The van der Waals surface area contributed by atoms with Crippen LogP contribution in [-0.4, -0.2) is 25.1 Å². The molecule has 1 aromatic carbocycles. The van der Waals surface area contributed by atoms with Crippen molar-refractivity contribution in [2.24, 2.45) is 0 Å². The van der Waals surface area contributed by atoms with Gasteiger partial charge in [0.1, 0.15) is 5.82 Å². The van der Waals surface area contributed by atoms with Gasteiger partial charge in [0, 0.05) is 42.8 Å². The molecule has 1 heterocycles. The molecule has 0 unspecified atom stereocenters. The summed E-state index contributed by atoms with van der Waals surface area (Å²) in [5.74, 6) is 1.04. The van der Waals surface area contributed by atoms with E-state index in [1.165, 1.54) is 47.7 Å². The van der Waals surface area contributed by atoms with Crippen LogP contribution in [0.25, 0.3) is 10.8 Å². The normalized spacial score (nSPS) is 15.8. The van der Waals surface area contributed by atoms with Crippen LogP contribution in [0.4, 0.5) is 11.5 Å². The van der Waals surface area contributed by atoms with Gasteiger partial charge < -0.3 is 10.2 Å². The summed E-state index contributed by atoms with van der Waals surface area (Å²) in [5.41, 5.74) is 2.50. The van der Waals surface area contributed by atoms with Gasteiger partial charge in [0.15, 0.2) is 0 Å². The fourth-order valence-corrected chi connectivity index (χ4v) is 3.22. The average molecular weight is 269 g/mol. The van der Waals surface area contributed by atoms with Crippen molar-refractivity contribution in [1.82, 2.24) is 4.98 Å². The van der Waals surface area contributed by atoms with E-state index < -0.39 is 0 Å². The van der Waals surface area contributed by atoms with E-state index in [0.29, 0.717) is 6.04 Å². The molecule has 1 aliphatic carbocycles. The summed E-state index contributed by atoms with van der Waals surface area (Å²) in [5, 5.41) is 6.30. The summed E-state index contributed by atoms with van der Waals surface area (Å²) in [7, 11) is 4.10. The fraction of sp³-hybridized carbons (Fsp3) is 0.471. The molecule has 20 heavy (non-hydrogen) atoms. The number of benzene rings is 1. The van der Waals surface area contributed by atoms with Crippen molar-refractivity contribution >= 4 is 22.3 Å². The van der Waals surface area contributed by atoms with E-state index in [2.05, 4.69) is 40.3 Å². The van der Waals surface area contributed by atoms with Gasteiger partial charge in [0.25, 0.3) is 0 Å². The van der Waals surface area contributed by atoms with Gasteiger partial charge in [-0.15, -0.1) is 0 Å². The number of hydrogen-bond donors (Lipinski definition) is 1. The molecule has 3 nitrogen and oxygen atoms in total. The smallest absolute Gasteiger partial charge is 0.135 e. The Hall–Kier alpha value is -1.77. The molecule has 1 N–H and O–H groups in total. The lowest BCUT2D eigenvalue weighted by Gasteiger charge is -2.20. The molecular weight excluding hydrogens is 246 g/mol. The first-order valence-electron chi connectivity index (χ1n) is 7.49. The van der Waals surface area contributed by atoms with Crippen LogP contribution in [0.15, 0.2) is 24.4 Å². The largest absolute Gasteiger partial charge is 0.382 e. The molecule has 3 heteroatoms. The molecule has 0 atom stereocenters. The highest BCUT2D eigenvalue weighted by molar-refractivity contribution is 6.02. The molecule has 0 radical (unpaired) electrons. The Labute approximate surface area is 121 Å². The molecule has 1 aliphatic rings. The van der Waals surface area contributed by atoms with E-state index in [1.807, 2.05) is 20.3 Å². The maximum atomic E-state index is 4.58. The van der Waals surface area contributed by atoms with E-state index in [0.717, 1.165) is 5.82 Å². The van der Waals surface area contributed by atoms with Crippen molar-refractivity contribution in [3.63, 3.8) is 0 Å². The van der Waals surface area contributed by atoms with Crippen molar-refractivity contribution in [2.45, 2.75) is 38.6 Å². The molecule has 1 fully saturated rings. The monoisotopic (exact) mass is 269 g/mol. The predicted molar refractivity (Wildman–Crippen MR) is 86.7 cm³/mol. The van der Waals surface area contributed by atoms with E-state index in [-0.39, 0.29) is 0 Å². The van der Waals surface area contributed by atoms with Crippen molar-refractivity contribution in [3.8, 4) is 0 Å². The number of nitrogens with one attached hydrogen (secondary N) is 1. The Morgan fingerprint density at radius 3 is 2.65 bits per heavy atom. The SMILES string of the molecule is Cc1cnc(N(C)C)c2cccc(NC3CCCC3)c12. The summed E-state index contributed by atoms with van der Waals surface area (Å²) in [6, 6.07) is 7.14. The van der Waals surface area contributed by atoms with Crippen LogP contribution in [0.2, 0.25) is 0 Å². The molecule has 0 bridgehead atoms. The predicted octanol–water partition coefficient (Wildman–Crippen LogP) is 3.96. The second kappa shape index (κ2) is 5.31. The quantitative estimate of drug-likeness (QED) is 0.914. The van der Waals surface area contributed by atoms with E-state index in [4.69, 9.17) is 0 Å². The van der Waals surface area contributed by atoms with Crippen molar-refractivity contribution in [3.05, 3.63) is 30.0 Å². The van der Waals surface area contributed by atoms with Gasteiger partial charge in [-0.25, -0.2) is 4.98 Å². The number of nitrogens with zero attached hydrogens (tertiary/aromatic N) is 2. The third kappa shape index (κ3) is 2.33. The van der Waals surface area contributed by atoms with Gasteiger partial charge in [-0.3, -0.25) is 0 Å². The number of hydrogen-bond acceptors (Lipinski definition) is 3. The number of anilines is 2. The Kier molecular flexibility index (Phi) is 3.51. The molecule has 0 amide bonds. The Bertz CT molecular complexity index is 613. The van der Waals surface area contributed by atoms with Gasteiger partial charge in [0.05, 0.1) is 0 Å². The summed E-state index contributed by atoms with van der Waals surface area (Å²) in [6.07, 6.45) is 7.28. The molecule has 2 aromatic rings. The minimum Gasteiger partial charge on any atom is -0.382 e. The zero-order valence-electron chi connectivity index (χ0n) is 12.6. The first-order chi connectivity index (χ1) is 9.66. The van der Waals surface area contributed by atoms with Gasteiger partial charge >= 0.3 is 0 Å². The summed E-state index contributed by atoms with van der Waals surface area (Å²) >= 11 is 0. The van der Waals surface area contributed by atoms with Gasteiger partial charge in [-0.1, -0.05) is 25.0 Å². The van der Waals surface area contributed by atoms with Gasteiger partial charge in [0.2, 0.25) is 0 Å². The lowest BCUT2D eigenvalue weighted by Crippen LogP contribution is -2.15.